The molecule has 0 spiro atoms. The van der Waals surface area contributed by atoms with E-state index in [1.165, 1.54) is 29.2 Å². The Balaban J connectivity index is 1.26. The predicted molar refractivity (Wildman–Crippen MR) is 157 cm³/mol. The van der Waals surface area contributed by atoms with Gasteiger partial charge in [0.15, 0.2) is 0 Å². The molecule has 2 aliphatic rings. The van der Waals surface area contributed by atoms with E-state index in [0.29, 0.717) is 37.2 Å². The maximum Gasteiger partial charge on any atom is 0.417 e. The number of likely N-dealkylation sites (N-methyl/N-ethyl adjacent to an activating group) is 1. The number of hydrogen-bond acceptors (Lipinski definition) is 5. The van der Waals surface area contributed by atoms with Crippen LogP contribution in [0.5, 0.6) is 5.75 Å². The Labute approximate surface area is 262 Å². The van der Waals surface area contributed by atoms with Crippen LogP contribution >= 0.6 is 11.6 Å². The predicted octanol–water partition coefficient (Wildman–Crippen LogP) is 6.26. The molecular weight excluding hydrogens is 616 g/mol. The quantitative estimate of drug-likeness (QED) is 0.295. The van der Waals surface area contributed by atoms with Gasteiger partial charge >= 0.3 is 12.3 Å². The third-order valence-electron chi connectivity index (χ3n) is 8.33. The van der Waals surface area contributed by atoms with Crippen molar-refractivity contribution in [3.8, 4) is 5.75 Å². The van der Waals surface area contributed by atoms with Crippen LogP contribution in [0.2, 0.25) is 5.02 Å². The molecule has 238 valence electrons. The van der Waals surface area contributed by atoms with E-state index in [-0.39, 0.29) is 48.8 Å². The molecule has 0 saturated carbocycles. The Bertz CT molecular complexity index is 1510. The van der Waals surface area contributed by atoms with Gasteiger partial charge in [0, 0.05) is 55.8 Å². The smallest absolute Gasteiger partial charge is 0.410 e. The number of carbonyl (C=O) groups excluding carboxylic acids is 3. The molecular formula is C32H31ClF4N4O4. The Kier molecular flexibility index (Phi) is 9.62. The van der Waals surface area contributed by atoms with Crippen molar-refractivity contribution < 1.29 is 36.7 Å². The van der Waals surface area contributed by atoms with Gasteiger partial charge in [-0.2, -0.15) is 13.2 Å². The zero-order chi connectivity index (χ0) is 32.3. The van der Waals surface area contributed by atoms with E-state index in [2.05, 4.69) is 4.98 Å². The van der Waals surface area contributed by atoms with Crippen molar-refractivity contribution in [2.75, 3.05) is 32.7 Å². The van der Waals surface area contributed by atoms with Gasteiger partial charge in [-0.1, -0.05) is 23.7 Å². The summed E-state index contributed by atoms with van der Waals surface area (Å²) in [5.74, 6) is -1.46. The molecule has 1 aromatic heterocycles. The van der Waals surface area contributed by atoms with Gasteiger partial charge in [0.2, 0.25) is 5.91 Å². The molecule has 0 radical (unpaired) electrons. The first kappa shape index (κ1) is 32.2. The van der Waals surface area contributed by atoms with Crippen LogP contribution in [0.15, 0.2) is 66.9 Å². The number of likely N-dealkylation sites (tertiary alicyclic amines) is 2. The van der Waals surface area contributed by atoms with Crippen molar-refractivity contribution in [2.45, 2.75) is 37.9 Å². The van der Waals surface area contributed by atoms with Gasteiger partial charge in [-0.3, -0.25) is 14.6 Å². The van der Waals surface area contributed by atoms with Gasteiger partial charge in [0.25, 0.3) is 5.91 Å². The zero-order valence-corrected chi connectivity index (χ0v) is 25.1. The van der Waals surface area contributed by atoms with Crippen LogP contribution in [-0.4, -0.2) is 76.4 Å². The molecule has 3 heterocycles. The summed E-state index contributed by atoms with van der Waals surface area (Å²) in [4.78, 5) is 48.5. The lowest BCUT2D eigenvalue weighted by atomic mass is 9.93. The first-order valence-corrected chi connectivity index (χ1v) is 14.9. The van der Waals surface area contributed by atoms with Crippen molar-refractivity contribution in [3.63, 3.8) is 0 Å². The molecule has 0 N–H and O–H groups in total. The maximum atomic E-state index is 13.8. The summed E-state index contributed by atoms with van der Waals surface area (Å²) in [5.41, 5.74) is -0.125. The van der Waals surface area contributed by atoms with Crippen molar-refractivity contribution in [1.29, 1.82) is 0 Å². The number of piperidine rings is 1. The van der Waals surface area contributed by atoms with Gasteiger partial charge in [0.1, 0.15) is 17.3 Å². The second-order valence-electron chi connectivity index (χ2n) is 11.1. The number of pyridine rings is 1. The molecule has 0 aliphatic carbocycles. The molecule has 3 aromatic rings. The summed E-state index contributed by atoms with van der Waals surface area (Å²) >= 11 is 6.12. The Morgan fingerprint density at radius 2 is 1.62 bits per heavy atom. The van der Waals surface area contributed by atoms with Crippen LogP contribution in [0.3, 0.4) is 0 Å². The fourth-order valence-electron chi connectivity index (χ4n) is 5.92. The monoisotopic (exact) mass is 646 g/mol. The van der Waals surface area contributed by atoms with Crippen molar-refractivity contribution in [2.24, 2.45) is 5.92 Å². The summed E-state index contributed by atoms with van der Waals surface area (Å²) in [6.07, 6.45) is -3.78. The Morgan fingerprint density at radius 3 is 2.20 bits per heavy atom. The van der Waals surface area contributed by atoms with Crippen molar-refractivity contribution in [3.05, 3.63) is 94.5 Å². The SMILES string of the molecule is CCN(C(=O)Oc1ccc(F)cc1)C1CN(C(=O)C2CCN(C(=O)c3ccc(C(F)(F)F)cn3)CC2)CC1c1ccc(Cl)cc1. The van der Waals surface area contributed by atoms with Crippen LogP contribution in [0.25, 0.3) is 0 Å². The number of hydrogen-bond donors (Lipinski definition) is 0. The number of nitrogens with zero attached hydrogens (tertiary/aromatic N) is 4. The number of alkyl halides is 3. The number of aromatic nitrogens is 1. The zero-order valence-electron chi connectivity index (χ0n) is 24.3. The number of benzene rings is 2. The molecule has 2 saturated heterocycles. The van der Waals surface area contributed by atoms with E-state index in [0.717, 1.165) is 17.7 Å². The number of rotatable bonds is 6. The fraction of sp³-hybridized carbons (Fsp3) is 0.375. The van der Waals surface area contributed by atoms with E-state index in [1.54, 1.807) is 21.9 Å². The molecule has 13 heteroatoms. The molecule has 8 nitrogen and oxygen atoms in total. The summed E-state index contributed by atoms with van der Waals surface area (Å²) in [6, 6.07) is 13.8. The van der Waals surface area contributed by atoms with Gasteiger partial charge in [-0.15, -0.1) is 0 Å². The second-order valence-corrected chi connectivity index (χ2v) is 11.5. The van der Waals surface area contributed by atoms with Crippen LogP contribution in [0.1, 0.15) is 47.3 Å². The number of amides is 3. The van der Waals surface area contributed by atoms with Crippen LogP contribution < -0.4 is 4.74 Å². The number of carbonyl (C=O) groups is 3. The first-order chi connectivity index (χ1) is 21.4. The van der Waals surface area contributed by atoms with E-state index in [1.807, 2.05) is 19.1 Å². The molecule has 2 unspecified atom stereocenters. The minimum Gasteiger partial charge on any atom is -0.410 e. The van der Waals surface area contributed by atoms with Gasteiger partial charge in [0.05, 0.1) is 11.6 Å². The second kappa shape index (κ2) is 13.4. The van der Waals surface area contributed by atoms with Crippen molar-refractivity contribution >= 4 is 29.5 Å². The highest BCUT2D eigenvalue weighted by Crippen LogP contribution is 2.35. The van der Waals surface area contributed by atoms with Crippen LogP contribution in [0, 0.1) is 11.7 Å². The largest absolute Gasteiger partial charge is 0.417 e. The third kappa shape index (κ3) is 7.38. The third-order valence-corrected chi connectivity index (χ3v) is 8.59. The minimum absolute atomic E-state index is 0.0897. The van der Waals surface area contributed by atoms with Gasteiger partial charge in [-0.25, -0.2) is 9.18 Å². The molecule has 3 amide bonds. The van der Waals surface area contributed by atoms with E-state index in [9.17, 15) is 31.9 Å². The molecule has 2 fully saturated rings. The van der Waals surface area contributed by atoms with E-state index < -0.39 is 35.6 Å². The Morgan fingerprint density at radius 1 is 0.956 bits per heavy atom. The van der Waals surface area contributed by atoms with Gasteiger partial charge < -0.3 is 19.4 Å². The average Bonchev–Trinajstić information content (AvgIpc) is 3.47. The molecule has 5 rings (SSSR count). The molecule has 2 aliphatic heterocycles. The fourth-order valence-corrected chi connectivity index (χ4v) is 6.04. The molecule has 2 aromatic carbocycles. The van der Waals surface area contributed by atoms with Crippen molar-refractivity contribution in [1.82, 2.24) is 19.7 Å². The standard InChI is InChI=1S/C32H31ClF4N4O4/c1-2-41(31(44)45-25-10-8-24(34)9-11-25)28-19-40(18-26(28)20-3-6-23(33)7-4-20)29(42)21-13-15-39(16-14-21)30(43)27-12-5-22(17-38-27)32(35,36)37/h3-12,17,21,26,28H,2,13-16,18-19H2,1H3. The van der Waals surface area contributed by atoms with E-state index >= 15 is 0 Å². The van der Waals surface area contributed by atoms with Crippen LogP contribution in [0.4, 0.5) is 22.4 Å². The molecule has 2 atom stereocenters. The number of halogens is 5. The lowest BCUT2D eigenvalue weighted by molar-refractivity contribution is -0.138. The summed E-state index contributed by atoms with van der Waals surface area (Å²) in [6.45, 7) is 3.22. The summed E-state index contributed by atoms with van der Waals surface area (Å²) in [5, 5.41) is 0.553. The molecule has 0 bridgehead atoms. The first-order valence-electron chi connectivity index (χ1n) is 14.6. The normalized spacial score (nSPS) is 19.0. The Hall–Kier alpha value is -4.19. The highest BCUT2D eigenvalue weighted by Gasteiger charge is 2.43. The highest BCUT2D eigenvalue weighted by molar-refractivity contribution is 6.30. The highest BCUT2D eigenvalue weighted by atomic mass is 35.5. The molecule has 45 heavy (non-hydrogen) atoms. The van der Waals surface area contributed by atoms with Gasteiger partial charge in [-0.05, 0) is 73.9 Å². The topological polar surface area (TPSA) is 83.0 Å². The van der Waals surface area contributed by atoms with Crippen LogP contribution in [-0.2, 0) is 11.0 Å². The minimum atomic E-state index is -4.55. The lowest BCUT2D eigenvalue weighted by Gasteiger charge is -2.33. The average molecular weight is 647 g/mol. The van der Waals surface area contributed by atoms with E-state index in [4.69, 9.17) is 16.3 Å². The maximum absolute atomic E-state index is 13.8. The lowest BCUT2D eigenvalue weighted by Crippen LogP contribution is -2.47. The number of ether oxygens (including phenoxy) is 1. The summed E-state index contributed by atoms with van der Waals surface area (Å²) < 4.78 is 57.5. The summed E-state index contributed by atoms with van der Waals surface area (Å²) in [7, 11) is 0.